The van der Waals surface area contributed by atoms with E-state index in [9.17, 15) is 4.79 Å². The van der Waals surface area contributed by atoms with Crippen LogP contribution in [0.1, 0.15) is 17.7 Å². The maximum absolute atomic E-state index is 11.9. The van der Waals surface area contributed by atoms with Crippen LogP contribution >= 0.6 is 0 Å². The van der Waals surface area contributed by atoms with Crippen LogP contribution in [0, 0.1) is 0 Å². The zero-order valence-electron chi connectivity index (χ0n) is 7.62. The predicted molar refractivity (Wildman–Crippen MR) is 52.3 cm³/mol. The molecular formula is C11H9NO2. The lowest BCUT2D eigenvalue weighted by Crippen LogP contribution is -2.08. The first-order valence-electron chi connectivity index (χ1n) is 4.76. The topological polar surface area (TPSA) is 43.1 Å². The molecule has 0 atom stereocenters. The van der Waals surface area contributed by atoms with Crippen molar-refractivity contribution in [2.45, 2.75) is 19.3 Å². The molecule has 0 unspecified atom stereocenters. The summed E-state index contributed by atoms with van der Waals surface area (Å²) in [5.41, 5.74) is 1.43. The van der Waals surface area contributed by atoms with Crippen LogP contribution in [-0.2, 0) is 12.8 Å². The van der Waals surface area contributed by atoms with E-state index in [4.69, 9.17) is 4.42 Å². The fraction of sp³-hybridized carbons (Fsp3) is 0.273. The van der Waals surface area contributed by atoms with E-state index in [1.807, 2.05) is 0 Å². The molecular weight excluding hydrogens is 178 g/mol. The second-order valence-electron chi connectivity index (χ2n) is 3.54. The Balaban J connectivity index is 2.50. The number of rotatable bonds is 0. The summed E-state index contributed by atoms with van der Waals surface area (Å²) in [7, 11) is 0. The van der Waals surface area contributed by atoms with E-state index in [0.29, 0.717) is 11.1 Å². The Morgan fingerprint density at radius 1 is 1.36 bits per heavy atom. The lowest BCUT2D eigenvalue weighted by Gasteiger charge is -1.99. The molecule has 1 aliphatic rings. The Morgan fingerprint density at radius 2 is 2.29 bits per heavy atom. The van der Waals surface area contributed by atoms with Crippen molar-refractivity contribution in [2.24, 2.45) is 0 Å². The van der Waals surface area contributed by atoms with Gasteiger partial charge in [0.05, 0.1) is 5.39 Å². The maximum atomic E-state index is 11.9. The Hall–Kier alpha value is -1.64. The predicted octanol–water partition coefficient (Wildman–Crippen LogP) is 1.68. The second kappa shape index (κ2) is 2.67. The van der Waals surface area contributed by atoms with Gasteiger partial charge in [-0.05, 0) is 25.0 Å². The quantitative estimate of drug-likeness (QED) is 0.630. The molecule has 0 saturated heterocycles. The monoisotopic (exact) mass is 187 g/mol. The molecule has 2 aromatic rings. The van der Waals surface area contributed by atoms with Crippen LogP contribution in [0.25, 0.3) is 11.1 Å². The molecule has 0 amide bonds. The average molecular weight is 187 g/mol. The molecule has 0 spiro atoms. The first-order valence-corrected chi connectivity index (χ1v) is 4.76. The van der Waals surface area contributed by atoms with Crippen molar-refractivity contribution in [3.63, 3.8) is 0 Å². The van der Waals surface area contributed by atoms with Gasteiger partial charge >= 0.3 is 0 Å². The Morgan fingerprint density at radius 3 is 3.21 bits per heavy atom. The van der Waals surface area contributed by atoms with Crippen LogP contribution < -0.4 is 5.43 Å². The maximum Gasteiger partial charge on any atom is 0.230 e. The summed E-state index contributed by atoms with van der Waals surface area (Å²) < 4.78 is 5.57. The standard InChI is InChI=1S/C11H9NO2/c13-10-7-3-1-5-9(7)14-11-8(10)4-2-6-12-11/h2,4,6H,1,3,5H2. The summed E-state index contributed by atoms with van der Waals surface area (Å²) in [4.78, 5) is 16.0. The summed E-state index contributed by atoms with van der Waals surface area (Å²) in [6.07, 6.45) is 4.39. The SMILES string of the molecule is O=c1c2c(oc3ncccc13)CCC2. The third-order valence-corrected chi connectivity index (χ3v) is 2.68. The summed E-state index contributed by atoms with van der Waals surface area (Å²) in [5.74, 6) is 0.834. The van der Waals surface area contributed by atoms with Gasteiger partial charge in [-0.3, -0.25) is 4.79 Å². The second-order valence-corrected chi connectivity index (χ2v) is 3.54. The number of hydrogen-bond donors (Lipinski definition) is 0. The lowest BCUT2D eigenvalue weighted by atomic mass is 10.2. The number of hydrogen-bond acceptors (Lipinski definition) is 3. The average Bonchev–Trinajstić information content (AvgIpc) is 2.66. The smallest absolute Gasteiger partial charge is 0.230 e. The molecule has 0 aliphatic heterocycles. The molecule has 2 heterocycles. The summed E-state index contributed by atoms with van der Waals surface area (Å²) in [6, 6.07) is 3.54. The van der Waals surface area contributed by atoms with Gasteiger partial charge in [0, 0.05) is 18.2 Å². The summed E-state index contributed by atoms with van der Waals surface area (Å²) in [6.45, 7) is 0. The molecule has 70 valence electrons. The number of aryl methyl sites for hydroxylation is 1. The van der Waals surface area contributed by atoms with Crippen molar-refractivity contribution in [1.29, 1.82) is 0 Å². The van der Waals surface area contributed by atoms with Gasteiger partial charge in [-0.2, -0.15) is 0 Å². The molecule has 0 N–H and O–H groups in total. The van der Waals surface area contributed by atoms with Crippen molar-refractivity contribution in [1.82, 2.24) is 4.98 Å². The molecule has 0 aromatic carbocycles. The first-order chi connectivity index (χ1) is 6.86. The summed E-state index contributed by atoms with van der Waals surface area (Å²) >= 11 is 0. The van der Waals surface area contributed by atoms with Gasteiger partial charge in [-0.1, -0.05) is 0 Å². The Bertz CT molecular complexity index is 557. The van der Waals surface area contributed by atoms with Crippen LogP contribution in [0.3, 0.4) is 0 Å². The van der Waals surface area contributed by atoms with E-state index < -0.39 is 0 Å². The van der Waals surface area contributed by atoms with Crippen LogP contribution in [0.15, 0.2) is 27.5 Å². The van der Waals surface area contributed by atoms with Gasteiger partial charge in [-0.15, -0.1) is 0 Å². The van der Waals surface area contributed by atoms with Crippen molar-refractivity contribution in [2.75, 3.05) is 0 Å². The largest absolute Gasteiger partial charge is 0.442 e. The molecule has 0 saturated carbocycles. The van der Waals surface area contributed by atoms with Crippen molar-refractivity contribution in [3.05, 3.63) is 39.9 Å². The third kappa shape index (κ3) is 0.923. The normalized spacial score (nSPS) is 14.6. The highest BCUT2D eigenvalue weighted by atomic mass is 16.3. The van der Waals surface area contributed by atoms with Gasteiger partial charge in [0.15, 0.2) is 5.43 Å². The molecule has 14 heavy (non-hydrogen) atoms. The van der Waals surface area contributed by atoms with Gasteiger partial charge in [-0.25, -0.2) is 4.98 Å². The van der Waals surface area contributed by atoms with Gasteiger partial charge < -0.3 is 4.42 Å². The highest BCUT2D eigenvalue weighted by Gasteiger charge is 2.19. The molecule has 1 aliphatic carbocycles. The van der Waals surface area contributed by atoms with Crippen molar-refractivity contribution in [3.8, 4) is 0 Å². The van der Waals surface area contributed by atoms with E-state index in [1.54, 1.807) is 18.3 Å². The van der Waals surface area contributed by atoms with E-state index in [1.165, 1.54) is 0 Å². The molecule has 0 bridgehead atoms. The van der Waals surface area contributed by atoms with Gasteiger partial charge in [0.1, 0.15) is 5.76 Å². The van der Waals surface area contributed by atoms with E-state index >= 15 is 0 Å². The number of nitrogens with zero attached hydrogens (tertiary/aromatic N) is 1. The van der Waals surface area contributed by atoms with Crippen LogP contribution in [0.2, 0.25) is 0 Å². The fourth-order valence-electron chi connectivity index (χ4n) is 1.99. The van der Waals surface area contributed by atoms with E-state index in [-0.39, 0.29) is 5.43 Å². The highest BCUT2D eigenvalue weighted by Crippen LogP contribution is 2.21. The van der Waals surface area contributed by atoms with Crippen LogP contribution in [-0.4, -0.2) is 4.98 Å². The van der Waals surface area contributed by atoms with E-state index in [2.05, 4.69) is 4.98 Å². The number of pyridine rings is 1. The highest BCUT2D eigenvalue weighted by molar-refractivity contribution is 5.73. The fourth-order valence-corrected chi connectivity index (χ4v) is 1.99. The Labute approximate surface area is 80.4 Å². The van der Waals surface area contributed by atoms with Crippen molar-refractivity contribution >= 4 is 11.1 Å². The third-order valence-electron chi connectivity index (χ3n) is 2.68. The zero-order valence-corrected chi connectivity index (χ0v) is 7.62. The molecule has 3 nitrogen and oxygen atoms in total. The molecule has 0 fully saturated rings. The zero-order chi connectivity index (χ0) is 9.54. The summed E-state index contributed by atoms with van der Waals surface area (Å²) in [5, 5.41) is 0.605. The minimum Gasteiger partial charge on any atom is -0.442 e. The number of aromatic nitrogens is 1. The van der Waals surface area contributed by atoms with E-state index in [0.717, 1.165) is 30.6 Å². The van der Waals surface area contributed by atoms with Gasteiger partial charge in [0.2, 0.25) is 5.71 Å². The molecule has 0 radical (unpaired) electrons. The molecule has 3 heteroatoms. The minimum absolute atomic E-state index is 0.104. The van der Waals surface area contributed by atoms with Crippen LogP contribution in [0.4, 0.5) is 0 Å². The molecule has 3 rings (SSSR count). The Kier molecular flexibility index (Phi) is 1.48. The minimum atomic E-state index is 0.104. The lowest BCUT2D eigenvalue weighted by molar-refractivity contribution is 0.535. The first kappa shape index (κ1) is 7.74. The van der Waals surface area contributed by atoms with Gasteiger partial charge in [0.25, 0.3) is 0 Å². The number of fused-ring (bicyclic) bond motifs is 2. The van der Waals surface area contributed by atoms with Crippen molar-refractivity contribution < 1.29 is 4.42 Å². The molecule has 2 aromatic heterocycles. The van der Waals surface area contributed by atoms with Crippen LogP contribution in [0.5, 0.6) is 0 Å².